The van der Waals surface area contributed by atoms with Crippen molar-refractivity contribution in [2.24, 2.45) is 0 Å². The maximum absolute atomic E-state index is 6.31. The topological polar surface area (TPSA) is 15.7 Å². The molecule has 0 radical (unpaired) electrons. The highest BCUT2D eigenvalue weighted by atomic mass is 16.5. The molecule has 8 aromatic carbocycles. The van der Waals surface area contributed by atoms with Crippen LogP contribution in [0.4, 0.5) is 34.1 Å². The Morgan fingerprint density at radius 2 is 0.952 bits per heavy atom. The number of hydrogen-bond donors (Lipinski definition) is 0. The molecule has 11 rings (SSSR count). The van der Waals surface area contributed by atoms with E-state index in [2.05, 4.69) is 202 Å². The summed E-state index contributed by atoms with van der Waals surface area (Å²) in [4.78, 5) is 4.82. The van der Waals surface area contributed by atoms with Crippen molar-refractivity contribution in [2.75, 3.05) is 9.80 Å². The van der Waals surface area contributed by atoms with Crippen LogP contribution in [-0.2, 0) is 18.3 Å². The van der Waals surface area contributed by atoms with E-state index in [1.807, 2.05) is 24.3 Å². The van der Waals surface area contributed by atoms with Crippen LogP contribution in [0.3, 0.4) is 0 Å². The van der Waals surface area contributed by atoms with Gasteiger partial charge in [0, 0.05) is 28.2 Å². The Hall–Kier alpha value is -7.10. The molecular formula is C59H50N2O. The fourth-order valence-electron chi connectivity index (χ4n) is 10.2. The smallest absolute Gasteiger partial charge is 0.151 e. The van der Waals surface area contributed by atoms with Gasteiger partial charge in [0.05, 0.1) is 11.4 Å². The SMILES string of the molecule is Cc1cc(/C=C/c2ccc3c(c2)C(C)(C)c2cc(N4c5ccccc5CCc5ccccc54)ccc2-3)ccc1-c1ccc(N2c3ccccc3Oc3ccccc32)cc1C(C)C. The molecule has 0 fully saturated rings. The van der Waals surface area contributed by atoms with Gasteiger partial charge in [-0.25, -0.2) is 0 Å². The highest BCUT2D eigenvalue weighted by Crippen LogP contribution is 2.53. The molecule has 0 aromatic heterocycles. The van der Waals surface area contributed by atoms with Gasteiger partial charge in [0.1, 0.15) is 0 Å². The molecule has 3 nitrogen and oxygen atoms in total. The van der Waals surface area contributed by atoms with Crippen LogP contribution in [0.2, 0.25) is 0 Å². The summed E-state index contributed by atoms with van der Waals surface area (Å²) in [5, 5.41) is 0. The Morgan fingerprint density at radius 1 is 0.484 bits per heavy atom. The van der Waals surface area contributed by atoms with E-state index in [0.717, 1.165) is 41.4 Å². The molecule has 2 aliphatic heterocycles. The first-order valence-electron chi connectivity index (χ1n) is 22.1. The minimum absolute atomic E-state index is 0.147. The number of nitrogens with zero attached hydrogens (tertiary/aromatic N) is 2. The van der Waals surface area contributed by atoms with E-state index in [9.17, 15) is 0 Å². The molecule has 0 saturated heterocycles. The van der Waals surface area contributed by atoms with Crippen molar-refractivity contribution >= 4 is 46.3 Å². The molecule has 0 atom stereocenters. The average molecular weight is 803 g/mol. The molecule has 1 aliphatic carbocycles. The molecule has 3 aliphatic rings. The van der Waals surface area contributed by atoms with E-state index in [-0.39, 0.29) is 5.41 Å². The van der Waals surface area contributed by atoms with Gasteiger partial charge in [-0.3, -0.25) is 0 Å². The summed E-state index contributed by atoms with van der Waals surface area (Å²) in [6.45, 7) is 11.6. The number of fused-ring (bicyclic) bond motifs is 7. The molecule has 8 aromatic rings. The largest absolute Gasteiger partial charge is 0.453 e. The Kier molecular flexibility index (Phi) is 9.05. The quantitative estimate of drug-likeness (QED) is 0.156. The Balaban J connectivity index is 0.879. The van der Waals surface area contributed by atoms with Gasteiger partial charge >= 0.3 is 0 Å². The van der Waals surface area contributed by atoms with E-state index in [1.54, 1.807) is 0 Å². The van der Waals surface area contributed by atoms with Crippen LogP contribution in [0.5, 0.6) is 11.5 Å². The Morgan fingerprint density at radius 3 is 1.55 bits per heavy atom. The molecule has 2 heterocycles. The van der Waals surface area contributed by atoms with E-state index in [0.29, 0.717) is 5.92 Å². The molecule has 0 saturated carbocycles. The Labute approximate surface area is 366 Å². The first-order valence-corrected chi connectivity index (χ1v) is 22.1. The van der Waals surface area contributed by atoms with Crippen LogP contribution < -0.4 is 14.5 Å². The second-order valence-corrected chi connectivity index (χ2v) is 18.0. The standard InChI is InChI=1S/C59H50N2O/c1-38(2)50-36-44(61-55-18-10-12-20-57(55)62-58-21-13-11-19-56(58)61)28-32-47(50)46-30-24-40(34-39(46)3)22-23-41-25-31-48-49-33-29-45(37-52(49)59(4,5)51(48)35-41)60-53-16-8-6-14-42(53)26-27-43-15-7-9-17-54(43)60/h6-25,28-38H,26-27H2,1-5H3/b23-22+. The van der Waals surface area contributed by atoms with Crippen molar-refractivity contribution in [3.05, 3.63) is 214 Å². The minimum atomic E-state index is -0.147. The summed E-state index contributed by atoms with van der Waals surface area (Å²) in [5.41, 5.74) is 22.6. The fourth-order valence-corrected chi connectivity index (χ4v) is 10.2. The van der Waals surface area contributed by atoms with Gasteiger partial charge in [-0.2, -0.15) is 0 Å². The highest BCUT2D eigenvalue weighted by Gasteiger charge is 2.36. The summed E-state index contributed by atoms with van der Waals surface area (Å²) in [7, 11) is 0. The number of rotatable bonds is 6. The van der Waals surface area contributed by atoms with Crippen molar-refractivity contribution in [2.45, 2.75) is 58.8 Å². The third-order valence-electron chi connectivity index (χ3n) is 13.4. The van der Waals surface area contributed by atoms with Crippen molar-refractivity contribution in [3.8, 4) is 33.8 Å². The Bertz CT molecular complexity index is 3000. The highest BCUT2D eigenvalue weighted by molar-refractivity contribution is 5.90. The number of anilines is 6. The summed E-state index contributed by atoms with van der Waals surface area (Å²) >= 11 is 0. The second kappa shape index (κ2) is 14.8. The van der Waals surface area contributed by atoms with E-state index in [1.165, 1.54) is 83.8 Å². The van der Waals surface area contributed by atoms with Crippen molar-refractivity contribution in [1.82, 2.24) is 0 Å². The van der Waals surface area contributed by atoms with Crippen LogP contribution in [0.1, 0.15) is 78.1 Å². The first-order chi connectivity index (χ1) is 30.2. The van der Waals surface area contributed by atoms with Gasteiger partial charge in [0.15, 0.2) is 11.5 Å². The molecule has 0 unspecified atom stereocenters. The van der Waals surface area contributed by atoms with Crippen molar-refractivity contribution in [1.29, 1.82) is 0 Å². The second-order valence-electron chi connectivity index (χ2n) is 18.0. The average Bonchev–Trinajstić information content (AvgIpc) is 3.39. The summed E-state index contributed by atoms with van der Waals surface area (Å²) in [6, 6.07) is 62.4. The molecule has 62 heavy (non-hydrogen) atoms. The van der Waals surface area contributed by atoms with Gasteiger partial charge in [-0.05, 0) is 153 Å². The lowest BCUT2D eigenvalue weighted by Crippen LogP contribution is -2.17. The zero-order valence-electron chi connectivity index (χ0n) is 36.1. The lowest BCUT2D eigenvalue weighted by atomic mass is 9.81. The van der Waals surface area contributed by atoms with E-state index < -0.39 is 0 Å². The zero-order chi connectivity index (χ0) is 42.1. The van der Waals surface area contributed by atoms with E-state index >= 15 is 0 Å². The number of hydrogen-bond acceptors (Lipinski definition) is 3. The zero-order valence-corrected chi connectivity index (χ0v) is 36.1. The third-order valence-corrected chi connectivity index (χ3v) is 13.4. The van der Waals surface area contributed by atoms with Gasteiger partial charge in [-0.1, -0.05) is 149 Å². The van der Waals surface area contributed by atoms with Gasteiger partial charge in [-0.15, -0.1) is 0 Å². The predicted molar refractivity (Wildman–Crippen MR) is 260 cm³/mol. The fraction of sp³-hybridized carbons (Fsp3) is 0.153. The molecule has 0 bridgehead atoms. The molecule has 0 spiro atoms. The summed E-state index contributed by atoms with van der Waals surface area (Å²) < 4.78 is 6.31. The molecular weight excluding hydrogens is 753 g/mol. The maximum atomic E-state index is 6.31. The van der Waals surface area contributed by atoms with E-state index in [4.69, 9.17) is 4.74 Å². The molecule has 3 heteroatoms. The number of aryl methyl sites for hydroxylation is 3. The first kappa shape index (κ1) is 37.9. The van der Waals surface area contributed by atoms with Crippen LogP contribution in [-0.4, -0.2) is 0 Å². The minimum Gasteiger partial charge on any atom is -0.453 e. The maximum Gasteiger partial charge on any atom is 0.151 e. The number of ether oxygens (including phenoxy) is 1. The molecule has 302 valence electrons. The van der Waals surface area contributed by atoms with Gasteiger partial charge in [0.25, 0.3) is 0 Å². The van der Waals surface area contributed by atoms with Crippen molar-refractivity contribution in [3.63, 3.8) is 0 Å². The van der Waals surface area contributed by atoms with Crippen LogP contribution in [0.25, 0.3) is 34.4 Å². The lowest BCUT2D eigenvalue weighted by molar-refractivity contribution is 0.477. The van der Waals surface area contributed by atoms with Gasteiger partial charge < -0.3 is 14.5 Å². The number of benzene rings is 8. The summed E-state index contributed by atoms with van der Waals surface area (Å²) in [5.74, 6) is 2.07. The van der Waals surface area contributed by atoms with Crippen LogP contribution >= 0.6 is 0 Å². The third kappa shape index (κ3) is 6.26. The molecule has 0 N–H and O–H groups in total. The van der Waals surface area contributed by atoms with Gasteiger partial charge in [0.2, 0.25) is 0 Å². The summed E-state index contributed by atoms with van der Waals surface area (Å²) in [6.07, 6.45) is 6.62. The van der Waals surface area contributed by atoms with Crippen LogP contribution in [0.15, 0.2) is 170 Å². The predicted octanol–water partition coefficient (Wildman–Crippen LogP) is 16.4. The normalized spacial score (nSPS) is 14.4. The monoisotopic (exact) mass is 802 g/mol. The van der Waals surface area contributed by atoms with Crippen molar-refractivity contribution < 1.29 is 4.74 Å². The molecule has 0 amide bonds. The van der Waals surface area contributed by atoms with Crippen LogP contribution in [0, 0.1) is 6.92 Å². The number of para-hydroxylation sites is 6. The lowest BCUT2D eigenvalue weighted by Gasteiger charge is -2.33.